The lowest BCUT2D eigenvalue weighted by Gasteiger charge is -1.95. The van der Waals surface area contributed by atoms with Crippen LogP contribution in [-0.4, -0.2) is 48.3 Å². The second kappa shape index (κ2) is 20.7. The molecule has 0 aliphatic carbocycles. The smallest absolute Gasteiger partial charge is 0.334 e. The number of carbonyl (C=O) groups is 4. The Labute approximate surface area is 258 Å². The van der Waals surface area contributed by atoms with E-state index in [0.717, 1.165) is 67.2 Å². The molecule has 0 aromatic carbocycles. The number of esters is 4. The second-order valence-corrected chi connectivity index (χ2v) is 11.4. The molecule has 4 saturated heterocycles. The van der Waals surface area contributed by atoms with Crippen molar-refractivity contribution < 1.29 is 38.1 Å². The van der Waals surface area contributed by atoms with Crippen molar-refractivity contribution >= 4 is 23.9 Å². The van der Waals surface area contributed by atoms with Gasteiger partial charge in [0.1, 0.15) is 24.4 Å². The van der Waals surface area contributed by atoms with E-state index in [1.807, 2.05) is 59.8 Å². The van der Waals surface area contributed by atoms with E-state index < -0.39 is 0 Å². The Morgan fingerprint density at radius 2 is 0.860 bits per heavy atom. The van der Waals surface area contributed by atoms with Gasteiger partial charge in [0.2, 0.25) is 0 Å². The fraction of sp³-hybridized carbons (Fsp3) is 0.657. The third-order valence-corrected chi connectivity index (χ3v) is 7.14. The van der Waals surface area contributed by atoms with E-state index in [1.54, 1.807) is 0 Å². The van der Waals surface area contributed by atoms with Crippen LogP contribution >= 0.6 is 0 Å². The highest BCUT2D eigenvalue weighted by molar-refractivity contribution is 5.91. The molecule has 0 aromatic heterocycles. The summed E-state index contributed by atoms with van der Waals surface area (Å²) < 4.78 is 19.7. The van der Waals surface area contributed by atoms with Crippen molar-refractivity contribution in [1.29, 1.82) is 0 Å². The molecule has 0 radical (unpaired) electrons. The normalized spacial score (nSPS) is 28.0. The van der Waals surface area contributed by atoms with Crippen LogP contribution in [0, 0.1) is 0 Å². The molecule has 4 atom stereocenters. The van der Waals surface area contributed by atoms with Crippen LogP contribution in [0.2, 0.25) is 0 Å². The Morgan fingerprint density at radius 3 is 1.12 bits per heavy atom. The SMILES string of the molecule is CC=C1CC(C)OC1=O.CC=C1CC(C)OC1=O.CCCC=C1CC(C)OC1=O.CCCCCCC=C1CC(C)OC1=O. The fourth-order valence-electron chi connectivity index (χ4n) is 4.74. The Bertz CT molecular complexity index is 1010. The van der Waals surface area contributed by atoms with Crippen LogP contribution in [-0.2, 0) is 38.1 Å². The number of hydrogen-bond donors (Lipinski definition) is 0. The zero-order valence-corrected chi connectivity index (χ0v) is 27.7. The molecule has 4 fully saturated rings. The topological polar surface area (TPSA) is 105 Å². The lowest BCUT2D eigenvalue weighted by molar-refractivity contribution is -0.139. The van der Waals surface area contributed by atoms with Crippen molar-refractivity contribution in [1.82, 2.24) is 0 Å². The number of allylic oxidation sites excluding steroid dienone is 4. The van der Waals surface area contributed by atoms with Crippen molar-refractivity contribution in [3.05, 3.63) is 46.6 Å². The molecule has 4 rings (SSSR count). The standard InChI is InChI=1S/C12H20O2.C9H14O2.2C7H10O2/c1-3-4-5-6-7-8-11-9-10(2)14-12(11)13;1-3-4-5-8-6-7(2)11-9(8)10;2*1-3-6-4-5(2)9-7(6)8/h8,10H,3-7,9H2,1-2H3;5,7H,3-4,6H2,1-2H3;2*3,5H,4H2,1-2H3. The third-order valence-electron chi connectivity index (χ3n) is 7.14. The van der Waals surface area contributed by atoms with Gasteiger partial charge in [-0.15, -0.1) is 0 Å². The summed E-state index contributed by atoms with van der Waals surface area (Å²) >= 11 is 0. The monoisotopic (exact) mass is 602 g/mol. The molecule has 0 saturated carbocycles. The summed E-state index contributed by atoms with van der Waals surface area (Å²) in [7, 11) is 0. The largest absolute Gasteiger partial charge is 0.459 e. The molecule has 0 aromatic rings. The minimum Gasteiger partial charge on any atom is -0.459 e. The number of rotatable bonds is 7. The predicted octanol–water partition coefficient (Wildman–Crippen LogP) is 7.80. The van der Waals surface area contributed by atoms with Crippen LogP contribution in [0.25, 0.3) is 0 Å². The van der Waals surface area contributed by atoms with Gasteiger partial charge in [-0.2, -0.15) is 0 Å². The molecular weight excluding hydrogens is 548 g/mol. The lowest BCUT2D eigenvalue weighted by Crippen LogP contribution is -1.99. The highest BCUT2D eigenvalue weighted by atomic mass is 16.6. The van der Waals surface area contributed by atoms with E-state index in [2.05, 4.69) is 19.9 Å². The third kappa shape index (κ3) is 14.7. The van der Waals surface area contributed by atoms with Gasteiger partial charge in [0, 0.05) is 48.0 Å². The number of hydrogen-bond acceptors (Lipinski definition) is 8. The maximum absolute atomic E-state index is 11.2. The zero-order chi connectivity index (χ0) is 32.4. The van der Waals surface area contributed by atoms with Gasteiger partial charge in [-0.3, -0.25) is 0 Å². The van der Waals surface area contributed by atoms with E-state index in [9.17, 15) is 19.2 Å². The molecule has 4 heterocycles. The maximum Gasteiger partial charge on any atom is 0.334 e. The second-order valence-electron chi connectivity index (χ2n) is 11.4. The molecule has 4 aliphatic rings. The number of carbonyl (C=O) groups excluding carboxylic acids is 4. The summed E-state index contributed by atoms with van der Waals surface area (Å²) in [5.41, 5.74) is 3.36. The average Bonchev–Trinajstić information content (AvgIpc) is 3.67. The average molecular weight is 603 g/mol. The minimum atomic E-state index is -0.148. The molecule has 4 aliphatic heterocycles. The molecule has 0 amide bonds. The van der Waals surface area contributed by atoms with Gasteiger partial charge < -0.3 is 18.9 Å². The van der Waals surface area contributed by atoms with E-state index in [1.165, 1.54) is 25.7 Å². The van der Waals surface area contributed by atoms with Gasteiger partial charge in [-0.05, 0) is 60.8 Å². The van der Waals surface area contributed by atoms with Gasteiger partial charge >= 0.3 is 23.9 Å². The summed E-state index contributed by atoms with van der Waals surface area (Å²) in [6.07, 6.45) is 19.3. The Kier molecular flexibility index (Phi) is 18.2. The number of cyclic esters (lactones) is 4. The predicted molar refractivity (Wildman–Crippen MR) is 168 cm³/mol. The number of ether oxygens (including phenoxy) is 4. The van der Waals surface area contributed by atoms with Crippen molar-refractivity contribution in [3.8, 4) is 0 Å². The van der Waals surface area contributed by atoms with E-state index >= 15 is 0 Å². The fourth-order valence-corrected chi connectivity index (χ4v) is 4.74. The van der Waals surface area contributed by atoms with Crippen molar-refractivity contribution in [3.63, 3.8) is 0 Å². The van der Waals surface area contributed by atoms with Crippen LogP contribution in [0.1, 0.15) is 126 Å². The highest BCUT2D eigenvalue weighted by Gasteiger charge is 2.26. The van der Waals surface area contributed by atoms with Crippen LogP contribution in [0.5, 0.6) is 0 Å². The van der Waals surface area contributed by atoms with Crippen LogP contribution in [0.4, 0.5) is 0 Å². The van der Waals surface area contributed by atoms with E-state index in [4.69, 9.17) is 18.9 Å². The van der Waals surface area contributed by atoms with Crippen LogP contribution < -0.4 is 0 Å². The van der Waals surface area contributed by atoms with Gasteiger partial charge in [0.05, 0.1) is 0 Å². The van der Waals surface area contributed by atoms with Crippen LogP contribution in [0.3, 0.4) is 0 Å². The molecule has 8 heteroatoms. The number of unbranched alkanes of at least 4 members (excludes halogenated alkanes) is 5. The molecule has 8 nitrogen and oxygen atoms in total. The lowest BCUT2D eigenvalue weighted by atomic mass is 10.1. The quantitative estimate of drug-likeness (QED) is 0.126. The first-order valence-electron chi connectivity index (χ1n) is 16.0. The summed E-state index contributed by atoms with van der Waals surface area (Å²) in [4.78, 5) is 43.7. The summed E-state index contributed by atoms with van der Waals surface area (Å²) in [5, 5.41) is 0. The highest BCUT2D eigenvalue weighted by Crippen LogP contribution is 2.22. The van der Waals surface area contributed by atoms with Gasteiger partial charge in [-0.1, -0.05) is 63.8 Å². The van der Waals surface area contributed by atoms with Gasteiger partial charge in [0.25, 0.3) is 0 Å². The Hall–Kier alpha value is -3.16. The maximum atomic E-state index is 11.2. The minimum absolute atomic E-state index is 0.0868. The van der Waals surface area contributed by atoms with Gasteiger partial charge in [0.15, 0.2) is 0 Å². The summed E-state index contributed by atoms with van der Waals surface area (Å²) in [6, 6.07) is 0. The molecule has 0 bridgehead atoms. The first kappa shape index (κ1) is 37.9. The molecule has 0 spiro atoms. The zero-order valence-electron chi connectivity index (χ0n) is 27.7. The van der Waals surface area contributed by atoms with Crippen LogP contribution in [0.15, 0.2) is 46.6 Å². The Morgan fingerprint density at radius 1 is 0.512 bits per heavy atom. The molecule has 43 heavy (non-hydrogen) atoms. The molecule has 242 valence electrons. The van der Waals surface area contributed by atoms with Crippen molar-refractivity contribution in [2.24, 2.45) is 0 Å². The molecular formula is C35H54O8. The first-order chi connectivity index (χ1) is 20.4. The van der Waals surface area contributed by atoms with E-state index in [0.29, 0.717) is 0 Å². The van der Waals surface area contributed by atoms with Gasteiger partial charge in [-0.25, -0.2) is 19.2 Å². The van der Waals surface area contributed by atoms with E-state index in [-0.39, 0.29) is 48.3 Å². The van der Waals surface area contributed by atoms with Crippen molar-refractivity contribution in [2.45, 2.75) is 150 Å². The van der Waals surface area contributed by atoms with Crippen molar-refractivity contribution in [2.75, 3.05) is 0 Å². The molecule has 0 N–H and O–H groups in total. The molecule has 4 unspecified atom stereocenters. The first-order valence-corrected chi connectivity index (χ1v) is 16.0. The summed E-state index contributed by atoms with van der Waals surface area (Å²) in [6.45, 7) is 15.7. The summed E-state index contributed by atoms with van der Waals surface area (Å²) in [5.74, 6) is -0.519. The Balaban J connectivity index is 0.000000292.